The van der Waals surface area contributed by atoms with E-state index in [2.05, 4.69) is 45.8 Å². The second-order valence-corrected chi connectivity index (χ2v) is 6.30. The molecule has 4 nitrogen and oxygen atoms in total. The van der Waals surface area contributed by atoms with Crippen molar-refractivity contribution in [3.05, 3.63) is 65.2 Å². The molecule has 0 saturated carbocycles. The Morgan fingerprint density at radius 2 is 1.72 bits per heavy atom. The number of hydrogen-bond acceptors (Lipinski definition) is 3. The third kappa shape index (κ3) is 4.05. The summed E-state index contributed by atoms with van der Waals surface area (Å²) in [4.78, 5) is 0. The lowest BCUT2D eigenvalue weighted by Crippen LogP contribution is -2.33. The molecule has 0 bridgehead atoms. The highest BCUT2D eigenvalue weighted by Gasteiger charge is 2.15. The monoisotopic (exact) mass is 375 g/mol. The fourth-order valence-corrected chi connectivity index (χ4v) is 3.02. The number of halogens is 2. The highest BCUT2D eigenvalue weighted by atomic mass is 35.5. The summed E-state index contributed by atoms with van der Waals surface area (Å²) in [6, 6.07) is 18.2. The summed E-state index contributed by atoms with van der Waals surface area (Å²) in [5.74, 6) is 0. The molecule has 0 amide bonds. The maximum Gasteiger partial charge on any atom is 0.0949 e. The van der Waals surface area contributed by atoms with Gasteiger partial charge in [-0.3, -0.25) is 5.10 Å². The number of ether oxygens (including phenoxy) is 1. The minimum atomic E-state index is 0. The number of nitrogens with zero attached hydrogens (tertiary/aromatic N) is 1. The molecular weight excluding hydrogens is 357 g/mol. The molecule has 1 unspecified atom stereocenters. The average molecular weight is 376 g/mol. The van der Waals surface area contributed by atoms with E-state index < -0.39 is 0 Å². The van der Waals surface area contributed by atoms with E-state index in [1.165, 1.54) is 5.56 Å². The summed E-state index contributed by atoms with van der Waals surface area (Å²) in [6.45, 7) is 2.55. The number of benzene rings is 2. The zero-order valence-corrected chi connectivity index (χ0v) is 15.1. The van der Waals surface area contributed by atoms with Crippen LogP contribution in [-0.2, 0) is 4.74 Å². The number of aromatic nitrogens is 2. The van der Waals surface area contributed by atoms with Gasteiger partial charge in [-0.25, -0.2) is 0 Å². The van der Waals surface area contributed by atoms with Gasteiger partial charge in [-0.1, -0.05) is 48.0 Å². The summed E-state index contributed by atoms with van der Waals surface area (Å²) in [7, 11) is 0. The van der Waals surface area contributed by atoms with Gasteiger partial charge < -0.3 is 10.1 Å². The number of H-pyrrole nitrogens is 1. The van der Waals surface area contributed by atoms with Crippen LogP contribution in [0.4, 0.5) is 0 Å². The van der Waals surface area contributed by atoms with Crippen LogP contribution in [0.2, 0.25) is 5.02 Å². The third-order valence-electron chi connectivity index (χ3n) is 4.24. The second-order valence-electron chi connectivity index (χ2n) is 5.86. The molecule has 0 spiro atoms. The molecule has 1 aliphatic heterocycles. The van der Waals surface area contributed by atoms with Crippen molar-refractivity contribution in [2.24, 2.45) is 0 Å². The van der Waals surface area contributed by atoms with Gasteiger partial charge in [0.2, 0.25) is 0 Å². The molecule has 6 heteroatoms. The van der Waals surface area contributed by atoms with Crippen LogP contribution in [0.1, 0.15) is 11.7 Å². The Morgan fingerprint density at radius 3 is 2.40 bits per heavy atom. The van der Waals surface area contributed by atoms with Gasteiger partial charge in [-0.2, -0.15) is 5.10 Å². The van der Waals surface area contributed by atoms with Crippen molar-refractivity contribution in [2.75, 3.05) is 19.7 Å². The largest absolute Gasteiger partial charge is 0.371 e. The Balaban J connectivity index is 0.00000182. The van der Waals surface area contributed by atoms with Crippen molar-refractivity contribution in [2.45, 2.75) is 6.10 Å². The quantitative estimate of drug-likeness (QED) is 0.709. The first-order valence-corrected chi connectivity index (χ1v) is 8.41. The normalized spacial score (nSPS) is 17.1. The SMILES string of the molecule is Cl.Clc1ccc(-c2cc(-c3ccc(C4CNCCO4)cc3)[nH]n2)cc1. The molecule has 2 aromatic carbocycles. The number of hydrogen-bond donors (Lipinski definition) is 2. The molecule has 1 aliphatic rings. The Labute approximate surface area is 158 Å². The minimum Gasteiger partial charge on any atom is -0.371 e. The maximum absolute atomic E-state index is 5.94. The topological polar surface area (TPSA) is 49.9 Å². The molecule has 2 N–H and O–H groups in total. The maximum atomic E-state index is 5.94. The van der Waals surface area contributed by atoms with Crippen molar-refractivity contribution in [1.29, 1.82) is 0 Å². The van der Waals surface area contributed by atoms with Crippen molar-refractivity contribution in [3.8, 4) is 22.5 Å². The van der Waals surface area contributed by atoms with Gasteiger partial charge in [-0.05, 0) is 29.3 Å². The second kappa shape index (κ2) is 8.02. The van der Waals surface area contributed by atoms with Gasteiger partial charge in [0.15, 0.2) is 0 Å². The van der Waals surface area contributed by atoms with Crippen LogP contribution in [0, 0.1) is 0 Å². The molecule has 1 aromatic heterocycles. The highest BCUT2D eigenvalue weighted by molar-refractivity contribution is 6.30. The van der Waals surface area contributed by atoms with Gasteiger partial charge >= 0.3 is 0 Å². The van der Waals surface area contributed by atoms with Gasteiger partial charge in [0.1, 0.15) is 0 Å². The van der Waals surface area contributed by atoms with E-state index in [0.29, 0.717) is 0 Å². The van der Waals surface area contributed by atoms with Gasteiger partial charge in [0.05, 0.1) is 24.1 Å². The molecule has 2 heterocycles. The summed E-state index contributed by atoms with van der Waals surface area (Å²) in [5.41, 5.74) is 5.25. The van der Waals surface area contributed by atoms with Gasteiger partial charge in [0, 0.05) is 23.7 Å². The molecule has 130 valence electrons. The lowest BCUT2D eigenvalue weighted by atomic mass is 10.0. The molecule has 0 radical (unpaired) electrons. The van der Waals surface area contributed by atoms with E-state index in [1.54, 1.807) is 0 Å². The molecule has 1 atom stereocenters. The number of rotatable bonds is 3. The van der Waals surface area contributed by atoms with E-state index in [4.69, 9.17) is 16.3 Å². The zero-order valence-electron chi connectivity index (χ0n) is 13.5. The van der Waals surface area contributed by atoms with E-state index in [1.807, 2.05) is 24.3 Å². The van der Waals surface area contributed by atoms with Crippen LogP contribution in [0.25, 0.3) is 22.5 Å². The Kier molecular flexibility index (Phi) is 5.76. The van der Waals surface area contributed by atoms with Crippen LogP contribution in [0.5, 0.6) is 0 Å². The van der Waals surface area contributed by atoms with Crippen molar-refractivity contribution >= 4 is 24.0 Å². The average Bonchev–Trinajstić information content (AvgIpc) is 3.13. The van der Waals surface area contributed by atoms with Gasteiger partial charge in [0.25, 0.3) is 0 Å². The smallest absolute Gasteiger partial charge is 0.0949 e. The first-order valence-electron chi connectivity index (χ1n) is 8.03. The van der Waals surface area contributed by atoms with Crippen molar-refractivity contribution in [3.63, 3.8) is 0 Å². The molecule has 3 aromatic rings. The number of nitrogens with one attached hydrogen (secondary N) is 2. The molecule has 25 heavy (non-hydrogen) atoms. The van der Waals surface area contributed by atoms with E-state index in [0.717, 1.165) is 47.2 Å². The van der Waals surface area contributed by atoms with Crippen LogP contribution in [0.15, 0.2) is 54.6 Å². The Hall–Kier alpha value is -1.85. The van der Waals surface area contributed by atoms with Crippen LogP contribution in [0.3, 0.4) is 0 Å². The zero-order chi connectivity index (χ0) is 16.4. The van der Waals surface area contributed by atoms with Crippen LogP contribution in [-0.4, -0.2) is 29.9 Å². The Bertz CT molecular complexity index is 809. The van der Waals surface area contributed by atoms with Crippen molar-refractivity contribution < 1.29 is 4.74 Å². The lowest BCUT2D eigenvalue weighted by molar-refractivity contribution is 0.0277. The van der Waals surface area contributed by atoms with Crippen molar-refractivity contribution in [1.82, 2.24) is 15.5 Å². The minimum absolute atomic E-state index is 0. The standard InChI is InChI=1S/C19H18ClN3O.ClH/c20-16-7-5-14(6-8-16)18-11-17(22-23-18)13-1-3-15(4-2-13)19-12-21-9-10-24-19;/h1-8,11,19,21H,9-10,12H2,(H,22,23);1H. The summed E-state index contributed by atoms with van der Waals surface area (Å²) >= 11 is 5.94. The van der Waals surface area contributed by atoms with Crippen LogP contribution >= 0.6 is 24.0 Å². The molecular formula is C19H19Cl2N3O. The Morgan fingerprint density at radius 1 is 1.00 bits per heavy atom. The first kappa shape index (κ1) is 18.0. The highest BCUT2D eigenvalue weighted by Crippen LogP contribution is 2.26. The first-order chi connectivity index (χ1) is 11.8. The summed E-state index contributed by atoms with van der Waals surface area (Å²) in [5, 5.41) is 11.6. The summed E-state index contributed by atoms with van der Waals surface area (Å²) in [6.07, 6.45) is 0.138. The lowest BCUT2D eigenvalue weighted by Gasteiger charge is -2.24. The fourth-order valence-electron chi connectivity index (χ4n) is 2.89. The number of morpholine rings is 1. The predicted octanol–water partition coefficient (Wildman–Crippen LogP) is 4.48. The summed E-state index contributed by atoms with van der Waals surface area (Å²) < 4.78 is 5.79. The van der Waals surface area contributed by atoms with Crippen LogP contribution < -0.4 is 5.32 Å². The molecule has 1 fully saturated rings. The third-order valence-corrected chi connectivity index (χ3v) is 4.49. The van der Waals surface area contributed by atoms with E-state index in [-0.39, 0.29) is 18.5 Å². The van der Waals surface area contributed by atoms with E-state index >= 15 is 0 Å². The predicted molar refractivity (Wildman–Crippen MR) is 103 cm³/mol. The molecule has 0 aliphatic carbocycles. The number of aromatic amines is 1. The molecule has 1 saturated heterocycles. The fraction of sp³-hybridized carbons (Fsp3) is 0.211. The van der Waals surface area contributed by atoms with Gasteiger partial charge in [-0.15, -0.1) is 12.4 Å². The molecule has 4 rings (SSSR count). The van der Waals surface area contributed by atoms with E-state index in [9.17, 15) is 0 Å².